The summed E-state index contributed by atoms with van der Waals surface area (Å²) in [7, 11) is 0. The topological polar surface area (TPSA) is 101 Å². The Morgan fingerprint density at radius 1 is 1.38 bits per heavy atom. The van der Waals surface area contributed by atoms with Gasteiger partial charge in [-0.2, -0.15) is 0 Å². The van der Waals surface area contributed by atoms with Gasteiger partial charge < -0.3 is 15.2 Å². The molecule has 7 heteroatoms. The molecule has 0 bridgehead atoms. The van der Waals surface area contributed by atoms with E-state index in [1.165, 1.54) is 6.20 Å². The Morgan fingerprint density at radius 3 is 2.62 bits per heavy atom. The minimum atomic E-state index is -1.17. The number of aromatic nitrogens is 2. The number of carboxylic acids is 1. The number of carbonyl (C=O) groups excluding carboxylic acids is 1. The number of carboxylic acid groups (broad SMARTS) is 1. The standard InChI is InChI=1S/C14H19N3O4/c1-8(2)12-9(3-4-21-12)5-17-13(18)10-6-16-11(7-15-10)14(19)20/h6-9,12H,3-5H2,1-2H3,(H,17,18)(H,19,20). The zero-order valence-corrected chi connectivity index (χ0v) is 12.1. The van der Waals surface area contributed by atoms with E-state index in [4.69, 9.17) is 9.84 Å². The molecule has 1 aliphatic heterocycles. The van der Waals surface area contributed by atoms with Gasteiger partial charge in [0.05, 0.1) is 18.5 Å². The maximum atomic E-state index is 12.0. The van der Waals surface area contributed by atoms with E-state index in [2.05, 4.69) is 29.1 Å². The molecule has 1 aliphatic rings. The van der Waals surface area contributed by atoms with E-state index in [0.29, 0.717) is 18.4 Å². The maximum absolute atomic E-state index is 12.0. The number of ether oxygens (including phenoxy) is 1. The molecular weight excluding hydrogens is 274 g/mol. The Hall–Kier alpha value is -2.02. The SMILES string of the molecule is CC(C)C1OCCC1CNC(=O)c1cnc(C(=O)O)cn1. The number of amides is 1. The van der Waals surface area contributed by atoms with Gasteiger partial charge in [-0.15, -0.1) is 0 Å². The molecule has 0 aromatic carbocycles. The molecule has 0 aliphatic carbocycles. The summed E-state index contributed by atoms with van der Waals surface area (Å²) in [4.78, 5) is 30.1. The van der Waals surface area contributed by atoms with Gasteiger partial charge >= 0.3 is 5.97 Å². The van der Waals surface area contributed by atoms with Crippen molar-refractivity contribution in [3.8, 4) is 0 Å². The quantitative estimate of drug-likeness (QED) is 0.838. The summed E-state index contributed by atoms with van der Waals surface area (Å²) in [6.07, 6.45) is 3.33. The van der Waals surface area contributed by atoms with Crippen LogP contribution in [0.15, 0.2) is 12.4 Å². The molecule has 21 heavy (non-hydrogen) atoms. The van der Waals surface area contributed by atoms with E-state index in [-0.39, 0.29) is 23.4 Å². The third kappa shape index (κ3) is 3.75. The molecule has 1 saturated heterocycles. The molecule has 1 aromatic heterocycles. The Labute approximate surface area is 122 Å². The Balaban J connectivity index is 1.91. The summed E-state index contributed by atoms with van der Waals surface area (Å²) >= 11 is 0. The van der Waals surface area contributed by atoms with Gasteiger partial charge in [-0.25, -0.2) is 14.8 Å². The largest absolute Gasteiger partial charge is 0.476 e. The van der Waals surface area contributed by atoms with Crippen LogP contribution in [0.5, 0.6) is 0 Å². The van der Waals surface area contributed by atoms with Crippen LogP contribution in [-0.4, -0.2) is 46.2 Å². The lowest BCUT2D eigenvalue weighted by molar-refractivity contribution is 0.0533. The normalized spacial score (nSPS) is 21.5. The summed E-state index contributed by atoms with van der Waals surface area (Å²) in [6, 6.07) is 0. The number of carbonyl (C=O) groups is 2. The Morgan fingerprint density at radius 2 is 2.05 bits per heavy atom. The van der Waals surface area contributed by atoms with Crippen molar-refractivity contribution in [1.82, 2.24) is 15.3 Å². The lowest BCUT2D eigenvalue weighted by Crippen LogP contribution is -2.35. The molecule has 0 spiro atoms. The van der Waals surface area contributed by atoms with E-state index in [1.54, 1.807) is 0 Å². The second kappa shape index (κ2) is 6.62. The van der Waals surface area contributed by atoms with E-state index >= 15 is 0 Å². The van der Waals surface area contributed by atoms with E-state index in [0.717, 1.165) is 19.2 Å². The predicted octanol–water partition coefficient (Wildman–Crippen LogP) is 0.966. The molecule has 0 saturated carbocycles. The minimum absolute atomic E-state index is 0.111. The van der Waals surface area contributed by atoms with Crippen molar-refractivity contribution in [1.29, 1.82) is 0 Å². The average molecular weight is 293 g/mol. The van der Waals surface area contributed by atoms with Gasteiger partial charge in [-0.05, 0) is 12.3 Å². The lowest BCUT2D eigenvalue weighted by atomic mass is 9.93. The van der Waals surface area contributed by atoms with Gasteiger partial charge in [0.2, 0.25) is 0 Å². The third-order valence-corrected chi connectivity index (χ3v) is 3.55. The molecule has 114 valence electrons. The van der Waals surface area contributed by atoms with Crippen LogP contribution >= 0.6 is 0 Å². The first-order valence-corrected chi connectivity index (χ1v) is 6.94. The highest BCUT2D eigenvalue weighted by atomic mass is 16.5. The van der Waals surface area contributed by atoms with Crippen LogP contribution < -0.4 is 5.32 Å². The van der Waals surface area contributed by atoms with Crippen LogP contribution in [-0.2, 0) is 4.74 Å². The van der Waals surface area contributed by atoms with Crippen molar-refractivity contribution in [2.75, 3.05) is 13.2 Å². The fourth-order valence-corrected chi connectivity index (χ4v) is 2.48. The number of hydrogen-bond donors (Lipinski definition) is 2. The fourth-order valence-electron chi connectivity index (χ4n) is 2.48. The first kappa shape index (κ1) is 15.4. The van der Waals surface area contributed by atoms with Gasteiger partial charge in [0, 0.05) is 19.1 Å². The Kier molecular flexibility index (Phi) is 4.85. The highest BCUT2D eigenvalue weighted by Gasteiger charge is 2.30. The number of nitrogens with one attached hydrogen (secondary N) is 1. The van der Waals surface area contributed by atoms with Crippen molar-refractivity contribution in [3.63, 3.8) is 0 Å². The second-order valence-electron chi connectivity index (χ2n) is 5.43. The van der Waals surface area contributed by atoms with Crippen molar-refractivity contribution in [3.05, 3.63) is 23.8 Å². The summed E-state index contributed by atoms with van der Waals surface area (Å²) in [6.45, 7) is 5.43. The lowest BCUT2D eigenvalue weighted by Gasteiger charge is -2.22. The third-order valence-electron chi connectivity index (χ3n) is 3.55. The molecule has 2 rings (SSSR count). The predicted molar refractivity (Wildman–Crippen MR) is 74.0 cm³/mol. The zero-order valence-electron chi connectivity index (χ0n) is 12.1. The number of rotatable bonds is 5. The van der Waals surface area contributed by atoms with Gasteiger partial charge in [-0.3, -0.25) is 4.79 Å². The molecule has 2 N–H and O–H groups in total. The summed E-state index contributed by atoms with van der Waals surface area (Å²) < 4.78 is 5.66. The van der Waals surface area contributed by atoms with Crippen LogP contribution in [0, 0.1) is 11.8 Å². The highest BCUT2D eigenvalue weighted by Crippen LogP contribution is 2.26. The highest BCUT2D eigenvalue weighted by molar-refractivity contribution is 5.92. The molecular formula is C14H19N3O4. The maximum Gasteiger partial charge on any atom is 0.356 e. The summed E-state index contributed by atoms with van der Waals surface area (Å²) in [5.41, 5.74) is -0.0735. The van der Waals surface area contributed by atoms with Crippen LogP contribution in [0.4, 0.5) is 0 Å². The van der Waals surface area contributed by atoms with Gasteiger partial charge in [0.15, 0.2) is 5.69 Å². The molecule has 2 unspecified atom stereocenters. The van der Waals surface area contributed by atoms with Crippen LogP contribution in [0.1, 0.15) is 41.2 Å². The van der Waals surface area contributed by atoms with Crippen molar-refractivity contribution in [2.24, 2.45) is 11.8 Å². The summed E-state index contributed by atoms with van der Waals surface area (Å²) in [5, 5.41) is 11.5. The molecule has 2 atom stereocenters. The monoisotopic (exact) mass is 293 g/mol. The van der Waals surface area contributed by atoms with Crippen LogP contribution in [0.25, 0.3) is 0 Å². The average Bonchev–Trinajstić information content (AvgIpc) is 2.93. The molecule has 1 amide bonds. The van der Waals surface area contributed by atoms with Gasteiger partial charge in [-0.1, -0.05) is 13.8 Å². The van der Waals surface area contributed by atoms with Crippen molar-refractivity contribution >= 4 is 11.9 Å². The molecule has 1 aromatic rings. The smallest absolute Gasteiger partial charge is 0.356 e. The first-order valence-electron chi connectivity index (χ1n) is 6.94. The fraction of sp³-hybridized carbons (Fsp3) is 0.571. The minimum Gasteiger partial charge on any atom is -0.476 e. The van der Waals surface area contributed by atoms with E-state index in [9.17, 15) is 9.59 Å². The van der Waals surface area contributed by atoms with E-state index in [1.807, 2.05) is 0 Å². The summed E-state index contributed by atoms with van der Waals surface area (Å²) in [5.74, 6) is -0.824. The van der Waals surface area contributed by atoms with Gasteiger partial charge in [0.25, 0.3) is 5.91 Å². The zero-order chi connectivity index (χ0) is 15.4. The molecule has 0 radical (unpaired) electrons. The number of hydrogen-bond acceptors (Lipinski definition) is 5. The Bertz CT molecular complexity index is 515. The number of nitrogens with zero attached hydrogens (tertiary/aromatic N) is 2. The van der Waals surface area contributed by atoms with Crippen LogP contribution in [0.3, 0.4) is 0 Å². The van der Waals surface area contributed by atoms with Crippen molar-refractivity contribution < 1.29 is 19.4 Å². The second-order valence-corrected chi connectivity index (χ2v) is 5.43. The molecule has 2 heterocycles. The molecule has 1 fully saturated rings. The van der Waals surface area contributed by atoms with Crippen molar-refractivity contribution in [2.45, 2.75) is 26.4 Å². The molecule has 7 nitrogen and oxygen atoms in total. The van der Waals surface area contributed by atoms with Crippen LogP contribution in [0.2, 0.25) is 0 Å². The first-order chi connectivity index (χ1) is 9.99. The number of aromatic carboxylic acids is 1. The van der Waals surface area contributed by atoms with Gasteiger partial charge in [0.1, 0.15) is 5.69 Å². The van der Waals surface area contributed by atoms with E-state index < -0.39 is 5.97 Å².